The van der Waals surface area contributed by atoms with Crippen molar-refractivity contribution in [1.29, 1.82) is 0 Å². The largest absolute Gasteiger partial charge is 0.493 e. The quantitative estimate of drug-likeness (QED) is 0.737. The number of benzene rings is 1. The Morgan fingerprint density at radius 1 is 1.33 bits per heavy atom. The SMILES string of the molecule is C=CCc1cc(CNC2CCCC2)cc(OC)c1OCC. The van der Waals surface area contributed by atoms with Crippen LogP contribution < -0.4 is 14.8 Å². The van der Waals surface area contributed by atoms with Gasteiger partial charge < -0.3 is 14.8 Å². The number of nitrogens with one attached hydrogen (secondary N) is 1. The first-order valence-corrected chi connectivity index (χ1v) is 7.95. The summed E-state index contributed by atoms with van der Waals surface area (Å²) >= 11 is 0. The van der Waals surface area contributed by atoms with Crippen molar-refractivity contribution < 1.29 is 9.47 Å². The van der Waals surface area contributed by atoms with Gasteiger partial charge in [-0.2, -0.15) is 0 Å². The fraction of sp³-hybridized carbons (Fsp3) is 0.556. The lowest BCUT2D eigenvalue weighted by atomic mass is 10.0. The van der Waals surface area contributed by atoms with Gasteiger partial charge in [-0.25, -0.2) is 0 Å². The number of ether oxygens (including phenoxy) is 2. The Kier molecular flexibility index (Phi) is 6.12. The molecule has 0 spiro atoms. The average molecular weight is 289 g/mol. The molecule has 21 heavy (non-hydrogen) atoms. The summed E-state index contributed by atoms with van der Waals surface area (Å²) in [5, 5.41) is 3.65. The lowest BCUT2D eigenvalue weighted by Crippen LogP contribution is -2.25. The van der Waals surface area contributed by atoms with Gasteiger partial charge in [-0.15, -0.1) is 6.58 Å². The van der Waals surface area contributed by atoms with E-state index >= 15 is 0 Å². The van der Waals surface area contributed by atoms with Crippen molar-refractivity contribution in [3.8, 4) is 11.5 Å². The van der Waals surface area contributed by atoms with Crippen LogP contribution in [-0.2, 0) is 13.0 Å². The molecule has 1 saturated carbocycles. The molecule has 0 aromatic heterocycles. The van der Waals surface area contributed by atoms with E-state index in [0.29, 0.717) is 12.6 Å². The molecule has 0 unspecified atom stereocenters. The van der Waals surface area contributed by atoms with Crippen molar-refractivity contribution in [3.63, 3.8) is 0 Å². The van der Waals surface area contributed by atoms with Crippen LogP contribution >= 0.6 is 0 Å². The molecule has 2 rings (SSSR count). The highest BCUT2D eigenvalue weighted by atomic mass is 16.5. The summed E-state index contributed by atoms with van der Waals surface area (Å²) in [5.41, 5.74) is 2.40. The van der Waals surface area contributed by atoms with Gasteiger partial charge in [-0.05, 0) is 37.8 Å². The smallest absolute Gasteiger partial charge is 0.164 e. The third kappa shape index (κ3) is 4.24. The third-order valence-electron chi connectivity index (χ3n) is 4.01. The predicted molar refractivity (Wildman–Crippen MR) is 87.2 cm³/mol. The first-order chi connectivity index (χ1) is 10.3. The molecule has 116 valence electrons. The molecule has 1 aliphatic rings. The van der Waals surface area contributed by atoms with Crippen LogP contribution in [0.15, 0.2) is 24.8 Å². The second-order valence-corrected chi connectivity index (χ2v) is 5.57. The second kappa shape index (κ2) is 8.08. The summed E-state index contributed by atoms with van der Waals surface area (Å²) in [7, 11) is 1.70. The molecule has 0 radical (unpaired) electrons. The highest BCUT2D eigenvalue weighted by Crippen LogP contribution is 2.33. The zero-order chi connectivity index (χ0) is 15.1. The van der Waals surface area contributed by atoms with E-state index in [2.05, 4.69) is 24.0 Å². The standard InChI is InChI=1S/C18H27NO2/c1-4-8-15-11-14(13-19-16-9-6-7-10-16)12-17(20-3)18(15)21-5-2/h4,11-12,16,19H,1,5-10,13H2,2-3H3. The molecule has 0 aliphatic heterocycles. The van der Waals surface area contributed by atoms with Gasteiger partial charge in [0, 0.05) is 18.2 Å². The lowest BCUT2D eigenvalue weighted by Gasteiger charge is -2.17. The summed E-state index contributed by atoms with van der Waals surface area (Å²) < 4.78 is 11.3. The molecule has 1 aliphatic carbocycles. The minimum atomic E-state index is 0.639. The van der Waals surface area contributed by atoms with Crippen LogP contribution in [0.1, 0.15) is 43.7 Å². The molecule has 1 aromatic rings. The maximum Gasteiger partial charge on any atom is 0.164 e. The second-order valence-electron chi connectivity index (χ2n) is 5.57. The maximum atomic E-state index is 5.75. The van der Waals surface area contributed by atoms with Crippen LogP contribution in [0.2, 0.25) is 0 Å². The van der Waals surface area contributed by atoms with Gasteiger partial charge in [0.2, 0.25) is 0 Å². The van der Waals surface area contributed by atoms with E-state index in [9.17, 15) is 0 Å². The van der Waals surface area contributed by atoms with Gasteiger partial charge in [0.1, 0.15) is 0 Å². The minimum Gasteiger partial charge on any atom is -0.493 e. The Morgan fingerprint density at radius 2 is 2.10 bits per heavy atom. The molecule has 0 saturated heterocycles. The van der Waals surface area contributed by atoms with E-state index in [1.807, 2.05) is 13.0 Å². The third-order valence-corrected chi connectivity index (χ3v) is 4.01. The molecule has 0 amide bonds. The minimum absolute atomic E-state index is 0.639. The highest BCUT2D eigenvalue weighted by Gasteiger charge is 2.16. The summed E-state index contributed by atoms with van der Waals surface area (Å²) in [6.07, 6.45) is 8.01. The van der Waals surface area contributed by atoms with E-state index in [4.69, 9.17) is 9.47 Å². The molecule has 0 heterocycles. The monoisotopic (exact) mass is 289 g/mol. The summed E-state index contributed by atoms with van der Waals surface area (Å²) in [6.45, 7) is 7.36. The molecule has 3 nitrogen and oxygen atoms in total. The lowest BCUT2D eigenvalue weighted by molar-refractivity contribution is 0.308. The Bertz CT molecular complexity index is 465. The van der Waals surface area contributed by atoms with Crippen LogP contribution in [-0.4, -0.2) is 19.8 Å². The van der Waals surface area contributed by atoms with Crippen molar-refractivity contribution in [3.05, 3.63) is 35.9 Å². The van der Waals surface area contributed by atoms with Gasteiger partial charge in [-0.3, -0.25) is 0 Å². The molecule has 1 aromatic carbocycles. The van der Waals surface area contributed by atoms with Crippen molar-refractivity contribution >= 4 is 0 Å². The average Bonchev–Trinajstić information content (AvgIpc) is 3.01. The first kappa shape index (κ1) is 15.9. The normalized spacial score (nSPS) is 15.1. The van der Waals surface area contributed by atoms with Crippen molar-refractivity contribution in [2.45, 2.75) is 51.6 Å². The van der Waals surface area contributed by atoms with Crippen molar-refractivity contribution in [1.82, 2.24) is 5.32 Å². The fourth-order valence-electron chi connectivity index (χ4n) is 2.98. The number of hydrogen-bond acceptors (Lipinski definition) is 3. The summed E-state index contributed by atoms with van der Waals surface area (Å²) in [6, 6.07) is 4.96. The van der Waals surface area contributed by atoms with Crippen LogP contribution in [0.5, 0.6) is 11.5 Å². The van der Waals surface area contributed by atoms with Crippen molar-refractivity contribution in [2.24, 2.45) is 0 Å². The Balaban J connectivity index is 2.16. The summed E-state index contributed by atoms with van der Waals surface area (Å²) in [5.74, 6) is 1.67. The Morgan fingerprint density at radius 3 is 2.71 bits per heavy atom. The zero-order valence-electron chi connectivity index (χ0n) is 13.3. The molecular weight excluding hydrogens is 262 g/mol. The molecule has 0 atom stereocenters. The van der Waals surface area contributed by atoms with Crippen molar-refractivity contribution in [2.75, 3.05) is 13.7 Å². The van der Waals surface area contributed by atoms with Gasteiger partial charge in [0.25, 0.3) is 0 Å². The molecular formula is C18H27NO2. The predicted octanol–water partition coefficient (Wildman–Crippen LogP) is 3.85. The van der Waals surface area contributed by atoms with Crippen LogP contribution in [0.4, 0.5) is 0 Å². The summed E-state index contributed by atoms with van der Waals surface area (Å²) in [4.78, 5) is 0. The van der Waals surface area contributed by atoms with E-state index in [-0.39, 0.29) is 0 Å². The highest BCUT2D eigenvalue weighted by molar-refractivity contribution is 5.50. The number of allylic oxidation sites excluding steroid dienone is 1. The zero-order valence-corrected chi connectivity index (χ0v) is 13.3. The molecule has 1 fully saturated rings. The Hall–Kier alpha value is -1.48. The number of hydrogen-bond donors (Lipinski definition) is 1. The van der Waals surface area contributed by atoms with Crippen LogP contribution in [0.3, 0.4) is 0 Å². The topological polar surface area (TPSA) is 30.5 Å². The van der Waals surface area contributed by atoms with Gasteiger partial charge in [-0.1, -0.05) is 25.0 Å². The van der Waals surface area contributed by atoms with Crippen LogP contribution in [0.25, 0.3) is 0 Å². The number of rotatable bonds is 8. The van der Waals surface area contributed by atoms with Gasteiger partial charge in [0.15, 0.2) is 11.5 Å². The van der Waals surface area contributed by atoms with Gasteiger partial charge in [0.05, 0.1) is 13.7 Å². The van der Waals surface area contributed by atoms with E-state index in [0.717, 1.165) is 30.0 Å². The maximum absolute atomic E-state index is 5.75. The van der Waals surface area contributed by atoms with E-state index < -0.39 is 0 Å². The molecule has 1 N–H and O–H groups in total. The first-order valence-electron chi connectivity index (χ1n) is 7.95. The van der Waals surface area contributed by atoms with Crippen LogP contribution in [0, 0.1) is 0 Å². The molecule has 3 heteroatoms. The Labute approximate surface area is 128 Å². The fourth-order valence-corrected chi connectivity index (χ4v) is 2.98. The van der Waals surface area contributed by atoms with Gasteiger partial charge >= 0.3 is 0 Å². The van der Waals surface area contributed by atoms with E-state index in [1.54, 1.807) is 7.11 Å². The number of methoxy groups -OCH3 is 1. The molecule has 0 bridgehead atoms. The van der Waals surface area contributed by atoms with E-state index in [1.165, 1.54) is 31.2 Å².